The Balaban J connectivity index is -0.000000105. The Hall–Kier alpha value is 1.24. The van der Waals surface area contributed by atoms with Crippen molar-refractivity contribution in [3.63, 3.8) is 0 Å². The molecule has 78 heavy (non-hydrogen) atoms. The first-order valence-corrected chi connectivity index (χ1v) is 26.2. The van der Waals surface area contributed by atoms with Gasteiger partial charge in [0, 0.05) is 207 Å². The fourth-order valence-electron chi connectivity index (χ4n) is 5.41. The van der Waals surface area contributed by atoms with Crippen molar-refractivity contribution in [2.45, 2.75) is 134 Å². The molecule has 0 amide bonds. The SMILES string of the molecule is [CH2-]C(C)C.[CH2-]C(C)C.[CH2-]C(C)C.[CH2-]C(C)C.[CH2-]C(C)C.[CH2-]C(C)C.[CH2-]C1=CC=C(CCCC2=CC=C([CH2-])C2)C1.[CH2-]c1ccc(C#Cc2ccc([CH2-])cc2)cc1.[CH2-]c1ccc(CCCc2ccc([CH2-])cc2)cc1.[Y].[Y].[Y].[Y].[Y].[Y]. The van der Waals surface area contributed by atoms with Crippen molar-refractivity contribution in [3.05, 3.63) is 271 Å². The van der Waals surface area contributed by atoms with E-state index >= 15 is 0 Å². The van der Waals surface area contributed by atoms with Crippen LogP contribution in [0.3, 0.4) is 0 Å². The topological polar surface area (TPSA) is 0 Å². The Morgan fingerprint density at radius 1 is 0.308 bits per heavy atom. The minimum Gasteiger partial charge on any atom is -0.341 e. The van der Waals surface area contributed by atoms with E-state index in [1.165, 1.54) is 48.0 Å². The Morgan fingerprint density at radius 3 is 0.692 bits per heavy atom. The fraction of sp³-hybridized carbons (Fsp3) is 0.361. The molecule has 0 fully saturated rings. The van der Waals surface area contributed by atoms with Crippen LogP contribution in [-0.4, -0.2) is 0 Å². The Bertz CT molecular complexity index is 1890. The molecule has 420 valence electrons. The Morgan fingerprint density at radius 2 is 0.500 bits per heavy atom. The van der Waals surface area contributed by atoms with E-state index < -0.39 is 0 Å². The van der Waals surface area contributed by atoms with E-state index in [9.17, 15) is 0 Å². The molecule has 0 nitrogen and oxygen atoms in total. The average Bonchev–Trinajstić information content (AvgIpc) is 3.88. The molecule has 0 bridgehead atoms. The van der Waals surface area contributed by atoms with Gasteiger partial charge in [-0.1, -0.05) is 117 Å². The van der Waals surface area contributed by atoms with Crippen molar-refractivity contribution in [2.75, 3.05) is 0 Å². The maximum atomic E-state index is 3.96. The molecule has 4 aromatic carbocycles. The van der Waals surface area contributed by atoms with Crippen LogP contribution >= 0.6 is 0 Å². The van der Waals surface area contributed by atoms with Crippen LogP contribution in [0.5, 0.6) is 0 Å². The first-order chi connectivity index (χ1) is 33.6. The summed E-state index contributed by atoms with van der Waals surface area (Å²) in [6, 6.07) is 32.7. The molecule has 0 atom stereocenters. The van der Waals surface area contributed by atoms with Crippen molar-refractivity contribution < 1.29 is 196 Å². The molecule has 0 aromatic heterocycles. The summed E-state index contributed by atoms with van der Waals surface area (Å²) < 4.78 is 0. The van der Waals surface area contributed by atoms with Crippen LogP contribution in [0.25, 0.3) is 0 Å². The van der Waals surface area contributed by atoms with Crippen LogP contribution in [-0.2, 0) is 209 Å². The number of rotatable bonds is 8. The van der Waals surface area contributed by atoms with Gasteiger partial charge < -0.3 is 41.5 Å². The minimum atomic E-state index is 0. The summed E-state index contributed by atoms with van der Waals surface area (Å²) in [5.41, 5.74) is 14.6. The van der Waals surface area contributed by atoms with E-state index in [1.807, 2.05) is 48.5 Å². The summed E-state index contributed by atoms with van der Waals surface area (Å²) in [6.07, 6.45) is 18.1. The molecule has 0 aliphatic heterocycles. The zero-order chi connectivity index (χ0) is 55.6. The number of hydrogen-bond donors (Lipinski definition) is 0. The maximum Gasteiger partial charge on any atom is 0.000705 e. The van der Waals surface area contributed by atoms with Crippen LogP contribution in [0, 0.1) is 130 Å². The quantitative estimate of drug-likeness (QED) is 0.122. The maximum absolute atomic E-state index is 3.96. The molecular formula is C72H102Y6-12. The third-order valence-electron chi connectivity index (χ3n) is 8.25. The molecule has 2 aliphatic carbocycles. The second-order valence-corrected chi connectivity index (χ2v) is 21.0. The summed E-state index contributed by atoms with van der Waals surface area (Å²) in [7, 11) is 0. The van der Waals surface area contributed by atoms with Gasteiger partial charge in [-0.2, -0.15) is 134 Å². The first kappa shape index (κ1) is 98.3. The molecule has 6 radical (unpaired) electrons. The third-order valence-corrected chi connectivity index (χ3v) is 8.25. The van der Waals surface area contributed by atoms with Gasteiger partial charge in [0.15, 0.2) is 0 Å². The van der Waals surface area contributed by atoms with E-state index in [2.05, 4.69) is 251 Å². The largest absolute Gasteiger partial charge is 0.341 e. The number of allylic oxidation sites excluding steroid dienone is 8. The van der Waals surface area contributed by atoms with Crippen molar-refractivity contribution >= 4 is 0 Å². The van der Waals surface area contributed by atoms with Crippen molar-refractivity contribution in [1.29, 1.82) is 0 Å². The van der Waals surface area contributed by atoms with Crippen LogP contribution in [0.2, 0.25) is 0 Å². The average molecular weight is 1500 g/mol. The van der Waals surface area contributed by atoms with Crippen molar-refractivity contribution in [2.24, 2.45) is 35.5 Å². The second kappa shape index (κ2) is 64.2. The van der Waals surface area contributed by atoms with E-state index in [0.717, 1.165) is 59.1 Å². The van der Waals surface area contributed by atoms with Gasteiger partial charge in [-0.05, 0) is 51.4 Å². The molecule has 0 N–H and O–H groups in total. The smallest absolute Gasteiger partial charge is 0.000705 e. The molecule has 0 saturated carbocycles. The summed E-state index contributed by atoms with van der Waals surface area (Å²) >= 11 is 0. The molecule has 6 heteroatoms. The predicted octanol–water partition coefficient (Wildman–Crippen LogP) is 20.9. The van der Waals surface area contributed by atoms with Crippen molar-refractivity contribution in [1.82, 2.24) is 0 Å². The molecule has 6 rings (SSSR count). The fourth-order valence-corrected chi connectivity index (χ4v) is 5.41. The summed E-state index contributed by atoms with van der Waals surface area (Å²) in [4.78, 5) is 0. The monoisotopic (exact) mass is 1500 g/mol. The summed E-state index contributed by atoms with van der Waals surface area (Å²) in [6.45, 7) is 69.9. The van der Waals surface area contributed by atoms with E-state index in [4.69, 9.17) is 0 Å². The molecule has 0 unspecified atom stereocenters. The zero-order valence-corrected chi connectivity index (χ0v) is 68.6. The number of benzene rings is 4. The van der Waals surface area contributed by atoms with E-state index in [1.54, 1.807) is 11.1 Å². The third kappa shape index (κ3) is 77.2. The van der Waals surface area contributed by atoms with Crippen LogP contribution in [0.4, 0.5) is 0 Å². The molecule has 4 aromatic rings. The molecule has 2 aliphatic rings. The van der Waals surface area contributed by atoms with Gasteiger partial charge in [-0.3, -0.25) is 0 Å². The Labute approximate surface area is 639 Å². The predicted molar refractivity (Wildman–Crippen MR) is 329 cm³/mol. The minimum absolute atomic E-state index is 0. The molecule has 0 saturated heterocycles. The Kier molecular flexibility index (Phi) is 81.0. The van der Waals surface area contributed by atoms with Crippen molar-refractivity contribution in [3.8, 4) is 11.8 Å². The molecular weight excluding hydrogens is 1400 g/mol. The molecule has 0 heterocycles. The summed E-state index contributed by atoms with van der Waals surface area (Å²) in [5, 5.41) is 0. The van der Waals surface area contributed by atoms with Gasteiger partial charge >= 0.3 is 0 Å². The van der Waals surface area contributed by atoms with E-state index in [-0.39, 0.29) is 196 Å². The van der Waals surface area contributed by atoms with Gasteiger partial charge in [0.1, 0.15) is 0 Å². The number of aryl methyl sites for hydroxylation is 2. The standard InChI is InChI=1S/C17H18.C16H12.C15H18.6C4H9.6Y/c1-14-6-10-16(11-7-14)4-3-5-17-12-8-15(2)9-13-17;1-13-3-7-15(8-4-13)11-12-16-9-5-14(2)6-10-16;1-12-6-8-14(10-12)4-3-5-15-9-7-13(2)11-15;6*1-4(2)3;;;;;;/h6-13H,1-5H2;3-10H,1-2H2;6-9H,1-5,10-11H2;6*4H,1H2,2-3H3;;;;;;/q3*-2;6*-1;;;;;;. The van der Waals surface area contributed by atoms with E-state index in [0.29, 0.717) is 35.5 Å². The van der Waals surface area contributed by atoms with Crippen LogP contribution in [0.15, 0.2) is 144 Å². The van der Waals surface area contributed by atoms with Gasteiger partial charge in [-0.15, -0.1) is 60.7 Å². The van der Waals surface area contributed by atoms with Gasteiger partial charge in [0.25, 0.3) is 0 Å². The zero-order valence-electron chi connectivity index (χ0n) is 51.6. The van der Waals surface area contributed by atoms with Crippen LogP contribution < -0.4 is 0 Å². The number of hydrogen-bond acceptors (Lipinski definition) is 0. The molecule has 0 spiro atoms. The van der Waals surface area contributed by atoms with Gasteiger partial charge in [0.2, 0.25) is 0 Å². The second-order valence-electron chi connectivity index (χ2n) is 21.0. The normalized spacial score (nSPS) is 10.7. The first-order valence-electron chi connectivity index (χ1n) is 26.2. The summed E-state index contributed by atoms with van der Waals surface area (Å²) in [5.74, 6) is 9.72. The van der Waals surface area contributed by atoms with Gasteiger partial charge in [0.05, 0.1) is 0 Å². The van der Waals surface area contributed by atoms with Gasteiger partial charge in [-0.25, -0.2) is 37.1 Å². The van der Waals surface area contributed by atoms with Crippen LogP contribution in [0.1, 0.15) is 166 Å².